The Morgan fingerprint density at radius 2 is 1.69 bits per heavy atom. The van der Waals surface area contributed by atoms with Crippen molar-refractivity contribution in [3.8, 4) is 0 Å². The molecule has 2 aromatic heterocycles. The molecule has 160 valence electrons. The van der Waals surface area contributed by atoms with Crippen LogP contribution in [0.2, 0.25) is 0 Å². The minimum absolute atomic E-state index is 0.140. The van der Waals surface area contributed by atoms with Gasteiger partial charge in [-0.2, -0.15) is 0 Å². The van der Waals surface area contributed by atoms with Crippen molar-refractivity contribution >= 4 is 34.2 Å². The van der Waals surface area contributed by atoms with Gasteiger partial charge in [0.25, 0.3) is 5.91 Å². The smallest absolute Gasteiger partial charge is 0.319 e. The molecule has 1 aliphatic rings. The van der Waals surface area contributed by atoms with E-state index in [1.807, 2.05) is 24.3 Å². The van der Waals surface area contributed by atoms with Gasteiger partial charge in [0.1, 0.15) is 5.76 Å². The lowest BCUT2D eigenvalue weighted by molar-refractivity contribution is 0.102. The summed E-state index contributed by atoms with van der Waals surface area (Å²) >= 11 is 0. The fourth-order valence-corrected chi connectivity index (χ4v) is 4.06. The van der Waals surface area contributed by atoms with Crippen molar-refractivity contribution in [1.82, 2.24) is 10.3 Å². The summed E-state index contributed by atoms with van der Waals surface area (Å²) in [6.45, 7) is 0.303. The van der Waals surface area contributed by atoms with Gasteiger partial charge in [0, 0.05) is 22.5 Å². The average Bonchev–Trinajstić information content (AvgIpc) is 3.49. The summed E-state index contributed by atoms with van der Waals surface area (Å²) in [4.78, 5) is 30.0. The molecular weight excluding hydrogens is 404 g/mol. The highest BCUT2D eigenvalue weighted by molar-refractivity contribution is 6.13. The van der Waals surface area contributed by atoms with Crippen LogP contribution in [-0.4, -0.2) is 16.9 Å². The second-order valence-corrected chi connectivity index (χ2v) is 7.70. The Labute approximate surface area is 184 Å². The normalized spacial score (nSPS) is 12.4. The van der Waals surface area contributed by atoms with E-state index in [9.17, 15) is 9.59 Å². The number of urea groups is 1. The zero-order valence-electron chi connectivity index (χ0n) is 17.4. The molecule has 7 heteroatoms. The Morgan fingerprint density at radius 3 is 2.47 bits per heavy atom. The number of nitrogens with zero attached hydrogens (tertiary/aromatic N) is 1. The lowest BCUT2D eigenvalue weighted by Crippen LogP contribution is -2.27. The molecule has 0 saturated carbocycles. The van der Waals surface area contributed by atoms with E-state index in [1.165, 1.54) is 0 Å². The summed E-state index contributed by atoms with van der Waals surface area (Å²) in [5.41, 5.74) is 4.90. The fourth-order valence-electron chi connectivity index (χ4n) is 4.06. The van der Waals surface area contributed by atoms with Crippen molar-refractivity contribution in [2.24, 2.45) is 0 Å². The van der Waals surface area contributed by atoms with Crippen LogP contribution in [0.3, 0.4) is 0 Å². The Bertz CT molecular complexity index is 1280. The topological polar surface area (TPSA) is 96.3 Å². The highest BCUT2D eigenvalue weighted by Crippen LogP contribution is 2.30. The van der Waals surface area contributed by atoms with Crippen molar-refractivity contribution in [1.29, 1.82) is 0 Å². The van der Waals surface area contributed by atoms with E-state index in [4.69, 9.17) is 9.40 Å². The number of anilines is 2. The molecule has 0 bridgehead atoms. The van der Waals surface area contributed by atoms with Crippen LogP contribution in [0.5, 0.6) is 0 Å². The number of benzene rings is 2. The number of fused-ring (bicyclic) bond motifs is 2. The first-order chi connectivity index (χ1) is 15.7. The molecule has 0 saturated heterocycles. The zero-order chi connectivity index (χ0) is 21.9. The van der Waals surface area contributed by atoms with Crippen LogP contribution in [-0.2, 0) is 19.4 Å². The SMILES string of the molecule is O=C(NCc1ccco1)Nc1ccc(NC(=O)c2c3c(nc4ccccc24)CCC3)cc1. The summed E-state index contributed by atoms with van der Waals surface area (Å²) in [5, 5.41) is 9.35. The first kappa shape index (κ1) is 19.8. The van der Waals surface area contributed by atoms with Gasteiger partial charge in [0.15, 0.2) is 0 Å². The molecule has 0 atom stereocenters. The van der Waals surface area contributed by atoms with Gasteiger partial charge in [-0.05, 0) is 67.3 Å². The number of hydrogen-bond donors (Lipinski definition) is 3. The van der Waals surface area contributed by atoms with Gasteiger partial charge in [-0.1, -0.05) is 18.2 Å². The largest absolute Gasteiger partial charge is 0.467 e. The monoisotopic (exact) mass is 426 g/mol. The Balaban J connectivity index is 1.28. The number of furan rings is 1. The van der Waals surface area contributed by atoms with Gasteiger partial charge in [0.2, 0.25) is 0 Å². The van der Waals surface area contributed by atoms with Gasteiger partial charge < -0.3 is 20.4 Å². The zero-order valence-corrected chi connectivity index (χ0v) is 17.4. The predicted octanol–water partition coefficient (Wildman–Crippen LogP) is 4.89. The van der Waals surface area contributed by atoms with Gasteiger partial charge >= 0.3 is 6.03 Å². The molecule has 3 amide bonds. The van der Waals surface area contributed by atoms with Crippen LogP contribution < -0.4 is 16.0 Å². The number of rotatable bonds is 5. The molecule has 0 fully saturated rings. The number of hydrogen-bond acceptors (Lipinski definition) is 4. The Hall–Kier alpha value is -4.13. The number of aromatic nitrogens is 1. The number of pyridine rings is 1. The van der Waals surface area contributed by atoms with E-state index in [0.29, 0.717) is 29.2 Å². The number of amides is 3. The Morgan fingerprint density at radius 1 is 0.906 bits per heavy atom. The lowest BCUT2D eigenvalue weighted by atomic mass is 10.0. The maximum Gasteiger partial charge on any atom is 0.319 e. The number of para-hydroxylation sites is 1. The van der Waals surface area contributed by atoms with Gasteiger partial charge in [0.05, 0.1) is 23.9 Å². The number of carbonyl (C=O) groups is 2. The molecule has 0 radical (unpaired) electrons. The molecule has 0 unspecified atom stereocenters. The summed E-state index contributed by atoms with van der Waals surface area (Å²) in [6.07, 6.45) is 4.35. The second kappa shape index (κ2) is 8.55. The maximum atomic E-state index is 13.2. The molecule has 7 nitrogen and oxygen atoms in total. The summed E-state index contributed by atoms with van der Waals surface area (Å²) in [7, 11) is 0. The van der Waals surface area contributed by atoms with E-state index in [2.05, 4.69) is 16.0 Å². The predicted molar refractivity (Wildman–Crippen MR) is 123 cm³/mol. The van der Waals surface area contributed by atoms with Gasteiger partial charge in [-0.25, -0.2) is 4.79 Å². The molecule has 2 aromatic carbocycles. The first-order valence-electron chi connectivity index (χ1n) is 10.6. The van der Waals surface area contributed by atoms with E-state index in [-0.39, 0.29) is 11.9 Å². The van der Waals surface area contributed by atoms with Crippen LogP contribution in [0.4, 0.5) is 16.2 Å². The molecule has 0 aliphatic heterocycles. The molecule has 4 aromatic rings. The van der Waals surface area contributed by atoms with E-state index >= 15 is 0 Å². The molecule has 32 heavy (non-hydrogen) atoms. The molecule has 5 rings (SSSR count). The molecule has 2 heterocycles. The summed E-state index contributed by atoms with van der Waals surface area (Å²) in [5.74, 6) is 0.534. The minimum Gasteiger partial charge on any atom is -0.467 e. The van der Waals surface area contributed by atoms with Crippen molar-refractivity contribution in [3.05, 3.63) is 89.5 Å². The summed E-state index contributed by atoms with van der Waals surface area (Å²) in [6, 6.07) is 18.0. The van der Waals surface area contributed by atoms with Crippen molar-refractivity contribution < 1.29 is 14.0 Å². The van der Waals surface area contributed by atoms with Crippen LogP contribution in [0.1, 0.15) is 33.8 Å². The van der Waals surface area contributed by atoms with E-state index in [1.54, 1.807) is 42.7 Å². The first-order valence-corrected chi connectivity index (χ1v) is 10.6. The van der Waals surface area contributed by atoms with Crippen LogP contribution in [0.15, 0.2) is 71.3 Å². The van der Waals surface area contributed by atoms with Crippen molar-refractivity contribution in [2.45, 2.75) is 25.8 Å². The summed E-state index contributed by atoms with van der Waals surface area (Å²) < 4.78 is 5.19. The highest BCUT2D eigenvalue weighted by Gasteiger charge is 2.23. The fraction of sp³-hybridized carbons (Fsp3) is 0.160. The molecule has 3 N–H and O–H groups in total. The molecule has 1 aliphatic carbocycles. The number of aryl methyl sites for hydroxylation is 1. The molecule has 0 spiro atoms. The van der Waals surface area contributed by atoms with E-state index in [0.717, 1.165) is 41.4 Å². The van der Waals surface area contributed by atoms with Gasteiger partial charge in [-0.3, -0.25) is 9.78 Å². The lowest BCUT2D eigenvalue weighted by Gasteiger charge is -2.13. The minimum atomic E-state index is -0.336. The maximum absolute atomic E-state index is 13.2. The molecular formula is C25H22N4O3. The highest BCUT2D eigenvalue weighted by atomic mass is 16.3. The second-order valence-electron chi connectivity index (χ2n) is 7.70. The number of carbonyl (C=O) groups excluding carboxylic acids is 2. The third-order valence-electron chi connectivity index (χ3n) is 5.55. The van der Waals surface area contributed by atoms with Crippen LogP contribution in [0, 0.1) is 0 Å². The van der Waals surface area contributed by atoms with E-state index < -0.39 is 0 Å². The van der Waals surface area contributed by atoms with Crippen molar-refractivity contribution in [2.75, 3.05) is 10.6 Å². The van der Waals surface area contributed by atoms with Crippen molar-refractivity contribution in [3.63, 3.8) is 0 Å². The quantitative estimate of drug-likeness (QED) is 0.423. The van der Waals surface area contributed by atoms with Crippen LogP contribution in [0.25, 0.3) is 10.9 Å². The Kier molecular flexibility index (Phi) is 5.29. The van der Waals surface area contributed by atoms with Crippen LogP contribution >= 0.6 is 0 Å². The third-order valence-corrected chi connectivity index (χ3v) is 5.55. The number of nitrogens with one attached hydrogen (secondary N) is 3. The standard InChI is InChI=1S/C25H22N4O3/c30-24(23-19-6-1-2-8-21(19)29-22-9-3-7-20(22)23)27-16-10-12-17(13-11-16)28-25(31)26-15-18-5-4-14-32-18/h1-2,4-6,8,10-14H,3,7,9,15H2,(H,27,30)(H2,26,28,31). The average molecular weight is 426 g/mol. The third kappa shape index (κ3) is 4.05. The van der Waals surface area contributed by atoms with Gasteiger partial charge in [-0.15, -0.1) is 0 Å².